The number of aromatic amines is 1. The Balaban J connectivity index is 0.000000455. The van der Waals surface area contributed by atoms with Crippen LogP contribution in [-0.2, 0) is 4.74 Å². The number of aromatic nitrogens is 2. The summed E-state index contributed by atoms with van der Waals surface area (Å²) in [5, 5.41) is 4.74. The summed E-state index contributed by atoms with van der Waals surface area (Å²) in [6, 6.07) is 2.57. The van der Waals surface area contributed by atoms with Crippen LogP contribution in [0.1, 0.15) is 123 Å². The molecule has 2 aliphatic rings. The van der Waals surface area contributed by atoms with Gasteiger partial charge in [0, 0.05) is 13.2 Å². The third kappa shape index (κ3) is 10.5. The molecule has 0 bridgehead atoms. The number of nitrogens with one attached hydrogen (secondary N) is 2. The average Bonchev–Trinajstić information content (AvgIpc) is 3.16. The van der Waals surface area contributed by atoms with Gasteiger partial charge in [0.05, 0.1) is 6.61 Å². The maximum absolute atomic E-state index is 5.13. The van der Waals surface area contributed by atoms with E-state index in [9.17, 15) is 0 Å². The SMILES string of the molecule is C1CNCCOC1.CC.CCC[CH2][Sn]([CH2]CCC)([CH2]CCC)[c]1c[nH]c2ncc(C3CCCCC3)cc12. The Morgan fingerprint density at radius 1 is 0.865 bits per heavy atom. The molecule has 5 heteroatoms. The molecule has 0 unspecified atom stereocenters. The van der Waals surface area contributed by atoms with Gasteiger partial charge < -0.3 is 10.1 Å². The molecule has 2 fully saturated rings. The molecule has 3 heterocycles. The van der Waals surface area contributed by atoms with E-state index in [2.05, 4.69) is 49.5 Å². The molecule has 1 saturated heterocycles. The van der Waals surface area contributed by atoms with Crippen LogP contribution in [0.5, 0.6) is 0 Å². The molecule has 1 aliphatic heterocycles. The topological polar surface area (TPSA) is 49.9 Å². The summed E-state index contributed by atoms with van der Waals surface area (Å²) >= 11 is -2.42. The van der Waals surface area contributed by atoms with Gasteiger partial charge in [0.25, 0.3) is 0 Å². The molecule has 4 nitrogen and oxygen atoms in total. The van der Waals surface area contributed by atoms with Crippen molar-refractivity contribution in [1.82, 2.24) is 15.3 Å². The van der Waals surface area contributed by atoms with Crippen molar-refractivity contribution in [2.45, 2.75) is 131 Å². The fourth-order valence-electron chi connectivity index (χ4n) is 6.11. The molecule has 37 heavy (non-hydrogen) atoms. The van der Waals surface area contributed by atoms with Crippen LogP contribution in [0, 0.1) is 0 Å². The second-order valence-electron chi connectivity index (χ2n) is 11.0. The van der Waals surface area contributed by atoms with Crippen LogP contribution in [0.15, 0.2) is 18.5 Å². The first-order valence-electron chi connectivity index (χ1n) is 16.0. The number of unbranched alkanes of at least 4 members (excludes halogenated alkanes) is 3. The predicted octanol–water partition coefficient (Wildman–Crippen LogP) is 8.69. The first-order chi connectivity index (χ1) is 18.2. The van der Waals surface area contributed by atoms with Crippen LogP contribution < -0.4 is 8.90 Å². The number of ether oxygens (including phenoxy) is 1. The molecule has 1 saturated carbocycles. The van der Waals surface area contributed by atoms with Crippen molar-refractivity contribution in [1.29, 1.82) is 0 Å². The molecule has 212 valence electrons. The Hall–Kier alpha value is -0.591. The van der Waals surface area contributed by atoms with E-state index >= 15 is 0 Å². The number of rotatable bonds is 11. The minimum absolute atomic E-state index is 0.750. The van der Waals surface area contributed by atoms with Crippen molar-refractivity contribution in [3.63, 3.8) is 0 Å². The van der Waals surface area contributed by atoms with Gasteiger partial charge in [-0.1, -0.05) is 13.8 Å². The maximum atomic E-state index is 5.13. The van der Waals surface area contributed by atoms with E-state index in [4.69, 9.17) is 9.72 Å². The van der Waals surface area contributed by atoms with Gasteiger partial charge >= 0.3 is 178 Å². The van der Waals surface area contributed by atoms with Gasteiger partial charge in [-0.15, -0.1) is 0 Å². The molecule has 0 atom stereocenters. The summed E-state index contributed by atoms with van der Waals surface area (Å²) in [4.78, 5) is 8.50. The number of fused-ring (bicyclic) bond motifs is 1. The summed E-state index contributed by atoms with van der Waals surface area (Å²) in [6.07, 6.45) is 21.0. The van der Waals surface area contributed by atoms with Crippen molar-refractivity contribution in [2.75, 3.05) is 26.3 Å². The molecule has 2 aromatic heterocycles. The van der Waals surface area contributed by atoms with E-state index in [1.54, 1.807) is 3.58 Å². The Morgan fingerprint density at radius 2 is 1.51 bits per heavy atom. The van der Waals surface area contributed by atoms with Gasteiger partial charge in [0.15, 0.2) is 0 Å². The van der Waals surface area contributed by atoms with Crippen LogP contribution in [0.3, 0.4) is 0 Å². The summed E-state index contributed by atoms with van der Waals surface area (Å²) in [7, 11) is 0. The van der Waals surface area contributed by atoms with E-state index in [0.29, 0.717) is 0 Å². The van der Waals surface area contributed by atoms with Gasteiger partial charge in [0.1, 0.15) is 0 Å². The number of H-pyrrole nitrogens is 1. The minimum atomic E-state index is -2.42. The zero-order valence-electron chi connectivity index (χ0n) is 25.1. The molecule has 1 aliphatic carbocycles. The van der Waals surface area contributed by atoms with Crippen molar-refractivity contribution < 1.29 is 4.74 Å². The molecule has 4 rings (SSSR count). The second-order valence-corrected chi connectivity index (χ2v) is 24.1. The molecule has 2 N–H and O–H groups in total. The summed E-state index contributed by atoms with van der Waals surface area (Å²) < 4.78 is 11.5. The number of pyridine rings is 1. The Bertz CT molecular complexity index is 789. The second kappa shape index (κ2) is 19.5. The Kier molecular flexibility index (Phi) is 17.2. The first kappa shape index (κ1) is 32.6. The van der Waals surface area contributed by atoms with Crippen molar-refractivity contribution >= 4 is 33.0 Å². The van der Waals surface area contributed by atoms with Crippen LogP contribution >= 0.6 is 0 Å². The molecule has 0 spiro atoms. The summed E-state index contributed by atoms with van der Waals surface area (Å²) in [5.41, 5.74) is 2.68. The molecule has 2 aromatic rings. The molecular weight excluding hydrogens is 561 g/mol. The van der Waals surface area contributed by atoms with Gasteiger partial charge in [-0.3, -0.25) is 0 Å². The van der Waals surface area contributed by atoms with Crippen LogP contribution in [0.25, 0.3) is 11.0 Å². The van der Waals surface area contributed by atoms with E-state index in [1.807, 2.05) is 13.8 Å². The van der Waals surface area contributed by atoms with Crippen molar-refractivity contribution in [2.24, 2.45) is 0 Å². The molecule has 0 amide bonds. The normalized spacial score (nSPS) is 16.9. The standard InChI is InChI=1S/C13H15N2.C5H11NO.3C4H9.C2H6.Sn/c1-2-4-10(5-3-1)12-8-11-6-7-14-13(11)15-9-12;1-2-6-3-5-7-4-1;3*1-3-4-2;1-2;/h7-10H,1-5H2,(H,14,15);6H,1-5H2;3*1,3-4H2,2H3;1-2H3;. The zero-order chi connectivity index (χ0) is 26.8. The molecule has 0 aromatic carbocycles. The fraction of sp³-hybridized carbons (Fsp3) is 0.781. The summed E-state index contributed by atoms with van der Waals surface area (Å²) in [5.74, 6) is 0.750. The third-order valence-electron chi connectivity index (χ3n) is 8.29. The van der Waals surface area contributed by atoms with Crippen molar-refractivity contribution in [3.05, 3.63) is 24.0 Å². The third-order valence-corrected chi connectivity index (χ3v) is 24.0. The number of hydrogen-bond acceptors (Lipinski definition) is 3. The fourth-order valence-corrected chi connectivity index (χ4v) is 22.6. The average molecular weight is 621 g/mol. The van der Waals surface area contributed by atoms with Gasteiger partial charge in [-0.25, -0.2) is 0 Å². The Labute approximate surface area is 233 Å². The number of hydrogen-bond donors (Lipinski definition) is 2. The van der Waals surface area contributed by atoms with E-state index in [1.165, 1.54) is 101 Å². The van der Waals surface area contributed by atoms with Crippen molar-refractivity contribution in [3.8, 4) is 0 Å². The summed E-state index contributed by atoms with van der Waals surface area (Å²) in [6.45, 7) is 15.1. The predicted molar refractivity (Wildman–Crippen MR) is 166 cm³/mol. The van der Waals surface area contributed by atoms with Crippen LogP contribution in [0.4, 0.5) is 0 Å². The van der Waals surface area contributed by atoms with Crippen LogP contribution in [-0.4, -0.2) is 54.6 Å². The van der Waals surface area contributed by atoms with Crippen LogP contribution in [0.2, 0.25) is 13.3 Å². The van der Waals surface area contributed by atoms with Gasteiger partial charge in [0.2, 0.25) is 0 Å². The monoisotopic (exact) mass is 621 g/mol. The first-order valence-corrected chi connectivity index (χ1v) is 23.5. The molecular formula is C32H59N3OSn. The zero-order valence-corrected chi connectivity index (χ0v) is 28.0. The van der Waals surface area contributed by atoms with Gasteiger partial charge in [-0.05, 0) is 13.0 Å². The van der Waals surface area contributed by atoms with E-state index in [0.717, 1.165) is 37.9 Å². The quantitative estimate of drug-likeness (QED) is 0.247. The number of nitrogens with zero attached hydrogens (tertiary/aromatic N) is 1. The van der Waals surface area contributed by atoms with E-state index in [-0.39, 0.29) is 0 Å². The molecule has 0 radical (unpaired) electrons. The van der Waals surface area contributed by atoms with Gasteiger partial charge in [-0.2, -0.15) is 0 Å². The van der Waals surface area contributed by atoms with E-state index < -0.39 is 18.4 Å². The Morgan fingerprint density at radius 3 is 2.14 bits per heavy atom.